The van der Waals surface area contributed by atoms with Crippen molar-refractivity contribution in [2.75, 3.05) is 30.5 Å². The topological polar surface area (TPSA) is 84.9 Å². The van der Waals surface area contributed by atoms with Crippen molar-refractivity contribution >= 4 is 29.2 Å². The van der Waals surface area contributed by atoms with Crippen molar-refractivity contribution < 1.29 is 23.9 Å². The molecule has 1 N–H and O–H groups in total. The first-order valence-corrected chi connectivity index (χ1v) is 9.05. The van der Waals surface area contributed by atoms with Crippen molar-refractivity contribution in [3.8, 4) is 5.75 Å². The lowest BCUT2D eigenvalue weighted by molar-refractivity contribution is -0.122. The highest BCUT2D eigenvalue weighted by atomic mass is 16.5. The van der Waals surface area contributed by atoms with E-state index in [2.05, 4.69) is 5.32 Å². The molecule has 7 nitrogen and oxygen atoms in total. The van der Waals surface area contributed by atoms with Crippen molar-refractivity contribution in [2.45, 2.75) is 13.3 Å². The Morgan fingerprint density at radius 1 is 1.18 bits per heavy atom. The van der Waals surface area contributed by atoms with Crippen LogP contribution in [0.1, 0.15) is 23.7 Å². The molecule has 2 aromatic rings. The Balaban J connectivity index is 1.73. The molecule has 1 aliphatic heterocycles. The number of nitrogens with one attached hydrogen (secondary N) is 1. The standard InChI is InChI=1S/C21H22N2O5/c1-3-28-21(26)17-9-4-5-10-18(17)22-20(25)14-11-19(24)23(13-14)15-7-6-8-16(12-15)27-2/h4-10,12,14H,3,11,13H2,1-2H3,(H,22,25)/t14-/m0/s1. The van der Waals surface area contributed by atoms with Crippen molar-refractivity contribution in [1.29, 1.82) is 0 Å². The van der Waals surface area contributed by atoms with Crippen LogP contribution in [0.3, 0.4) is 0 Å². The number of para-hydroxylation sites is 1. The average Bonchev–Trinajstić information content (AvgIpc) is 3.10. The van der Waals surface area contributed by atoms with Crippen LogP contribution in [0.4, 0.5) is 11.4 Å². The second kappa shape index (κ2) is 8.56. The van der Waals surface area contributed by atoms with Gasteiger partial charge in [-0.05, 0) is 31.2 Å². The predicted octanol–water partition coefficient (Wildman–Crippen LogP) is 2.86. The predicted molar refractivity (Wildman–Crippen MR) is 104 cm³/mol. The number of anilines is 2. The van der Waals surface area contributed by atoms with Crippen LogP contribution in [-0.4, -0.2) is 38.0 Å². The number of hydrogen-bond donors (Lipinski definition) is 1. The summed E-state index contributed by atoms with van der Waals surface area (Å²) in [5, 5.41) is 2.76. The first-order valence-electron chi connectivity index (χ1n) is 9.05. The number of carbonyl (C=O) groups is 3. The number of carbonyl (C=O) groups excluding carboxylic acids is 3. The molecule has 0 saturated carbocycles. The van der Waals surface area contributed by atoms with Gasteiger partial charge in [-0.1, -0.05) is 18.2 Å². The number of amides is 2. The largest absolute Gasteiger partial charge is 0.497 e. The molecule has 0 aliphatic carbocycles. The molecule has 1 heterocycles. The molecular weight excluding hydrogens is 360 g/mol. The van der Waals surface area contributed by atoms with E-state index in [4.69, 9.17) is 9.47 Å². The van der Waals surface area contributed by atoms with Gasteiger partial charge >= 0.3 is 5.97 Å². The molecule has 2 aromatic carbocycles. The van der Waals surface area contributed by atoms with Crippen LogP contribution in [-0.2, 0) is 14.3 Å². The van der Waals surface area contributed by atoms with E-state index in [0.29, 0.717) is 17.1 Å². The maximum absolute atomic E-state index is 12.7. The summed E-state index contributed by atoms with van der Waals surface area (Å²) < 4.78 is 10.2. The van der Waals surface area contributed by atoms with Crippen LogP contribution in [0.15, 0.2) is 48.5 Å². The summed E-state index contributed by atoms with van der Waals surface area (Å²) in [4.78, 5) is 38.8. The van der Waals surface area contributed by atoms with Gasteiger partial charge in [0.2, 0.25) is 11.8 Å². The van der Waals surface area contributed by atoms with Gasteiger partial charge in [0.1, 0.15) is 5.75 Å². The number of methoxy groups -OCH3 is 1. The summed E-state index contributed by atoms with van der Waals surface area (Å²) in [6.45, 7) is 2.23. The smallest absolute Gasteiger partial charge is 0.340 e. The third-order valence-corrected chi connectivity index (χ3v) is 4.54. The van der Waals surface area contributed by atoms with Crippen LogP contribution in [0.25, 0.3) is 0 Å². The molecule has 0 bridgehead atoms. The number of ether oxygens (including phenoxy) is 2. The normalized spacial score (nSPS) is 16.0. The van der Waals surface area contributed by atoms with Crippen LogP contribution < -0.4 is 15.0 Å². The highest BCUT2D eigenvalue weighted by molar-refractivity contribution is 6.06. The SMILES string of the molecule is CCOC(=O)c1ccccc1NC(=O)[C@H]1CC(=O)N(c2cccc(OC)c2)C1. The van der Waals surface area contributed by atoms with Gasteiger partial charge in [-0.2, -0.15) is 0 Å². The molecule has 3 rings (SSSR count). The highest BCUT2D eigenvalue weighted by Crippen LogP contribution is 2.29. The molecule has 0 unspecified atom stereocenters. The molecule has 146 valence electrons. The van der Waals surface area contributed by atoms with Gasteiger partial charge in [-0.15, -0.1) is 0 Å². The van der Waals surface area contributed by atoms with E-state index in [-0.39, 0.29) is 37.0 Å². The van der Waals surface area contributed by atoms with E-state index in [0.717, 1.165) is 0 Å². The Morgan fingerprint density at radius 2 is 1.96 bits per heavy atom. The minimum atomic E-state index is -0.519. The zero-order chi connectivity index (χ0) is 20.1. The van der Waals surface area contributed by atoms with E-state index in [1.165, 1.54) is 0 Å². The minimum absolute atomic E-state index is 0.102. The lowest BCUT2D eigenvalue weighted by Gasteiger charge is -2.17. The highest BCUT2D eigenvalue weighted by Gasteiger charge is 2.35. The Hall–Kier alpha value is -3.35. The summed E-state index contributed by atoms with van der Waals surface area (Å²) in [7, 11) is 1.56. The van der Waals surface area contributed by atoms with Crippen molar-refractivity contribution in [1.82, 2.24) is 0 Å². The molecular formula is C21H22N2O5. The van der Waals surface area contributed by atoms with Gasteiger partial charge in [0, 0.05) is 24.7 Å². The fraction of sp³-hybridized carbons (Fsp3) is 0.286. The molecule has 1 fully saturated rings. The maximum atomic E-state index is 12.7. The van der Waals surface area contributed by atoms with Gasteiger partial charge in [0.05, 0.1) is 30.9 Å². The van der Waals surface area contributed by atoms with Gasteiger partial charge < -0.3 is 19.7 Å². The third-order valence-electron chi connectivity index (χ3n) is 4.54. The zero-order valence-electron chi connectivity index (χ0n) is 15.8. The fourth-order valence-electron chi connectivity index (χ4n) is 3.12. The molecule has 2 amide bonds. The average molecular weight is 382 g/mol. The van der Waals surface area contributed by atoms with Crippen molar-refractivity contribution in [3.63, 3.8) is 0 Å². The van der Waals surface area contributed by atoms with Gasteiger partial charge in [-0.3, -0.25) is 9.59 Å². The summed E-state index contributed by atoms with van der Waals surface area (Å²) in [5.41, 5.74) is 1.34. The Bertz CT molecular complexity index is 896. The fourth-order valence-corrected chi connectivity index (χ4v) is 3.12. The zero-order valence-corrected chi connectivity index (χ0v) is 15.8. The summed E-state index contributed by atoms with van der Waals surface area (Å²) in [6.07, 6.45) is 0.102. The Morgan fingerprint density at radius 3 is 2.71 bits per heavy atom. The van der Waals surface area contributed by atoms with E-state index < -0.39 is 11.9 Å². The number of hydrogen-bond acceptors (Lipinski definition) is 5. The van der Waals surface area contributed by atoms with Crippen molar-refractivity contribution in [2.24, 2.45) is 5.92 Å². The second-order valence-corrected chi connectivity index (χ2v) is 6.36. The lowest BCUT2D eigenvalue weighted by atomic mass is 10.1. The van der Waals surface area contributed by atoms with Crippen LogP contribution in [0.5, 0.6) is 5.75 Å². The molecule has 1 aliphatic rings. The van der Waals surface area contributed by atoms with E-state index >= 15 is 0 Å². The molecule has 0 spiro atoms. The van der Waals surface area contributed by atoms with E-state index in [1.807, 2.05) is 0 Å². The molecule has 1 saturated heterocycles. The number of benzene rings is 2. The lowest BCUT2D eigenvalue weighted by Crippen LogP contribution is -2.28. The number of rotatable bonds is 6. The molecule has 7 heteroatoms. The molecule has 0 aromatic heterocycles. The van der Waals surface area contributed by atoms with Gasteiger partial charge in [0.25, 0.3) is 0 Å². The summed E-state index contributed by atoms with van der Waals surface area (Å²) in [5.74, 6) is -0.822. The Kier molecular flexibility index (Phi) is 5.93. The molecule has 0 radical (unpaired) electrons. The first kappa shape index (κ1) is 19.4. The Labute approximate surface area is 163 Å². The van der Waals surface area contributed by atoms with Crippen LogP contribution in [0.2, 0.25) is 0 Å². The van der Waals surface area contributed by atoms with E-state index in [1.54, 1.807) is 67.5 Å². The minimum Gasteiger partial charge on any atom is -0.497 e. The molecule has 28 heavy (non-hydrogen) atoms. The van der Waals surface area contributed by atoms with Gasteiger partial charge in [-0.25, -0.2) is 4.79 Å². The summed E-state index contributed by atoms with van der Waals surface area (Å²) in [6, 6.07) is 13.8. The third kappa shape index (κ3) is 4.14. The molecule has 1 atom stereocenters. The second-order valence-electron chi connectivity index (χ2n) is 6.36. The van der Waals surface area contributed by atoms with Crippen LogP contribution in [0, 0.1) is 5.92 Å². The monoisotopic (exact) mass is 382 g/mol. The number of esters is 1. The number of nitrogens with zero attached hydrogens (tertiary/aromatic N) is 1. The summed E-state index contributed by atoms with van der Waals surface area (Å²) >= 11 is 0. The van der Waals surface area contributed by atoms with Gasteiger partial charge in [0.15, 0.2) is 0 Å². The van der Waals surface area contributed by atoms with E-state index in [9.17, 15) is 14.4 Å². The quantitative estimate of drug-likeness (QED) is 0.777. The maximum Gasteiger partial charge on any atom is 0.340 e. The first-order chi connectivity index (χ1) is 13.5. The van der Waals surface area contributed by atoms with Crippen molar-refractivity contribution in [3.05, 3.63) is 54.1 Å². The van der Waals surface area contributed by atoms with Crippen LogP contribution >= 0.6 is 0 Å².